The Morgan fingerprint density at radius 2 is 2.06 bits per heavy atom. The Balaban J connectivity index is 2.64. The molecule has 0 atom stereocenters. The van der Waals surface area contributed by atoms with E-state index in [0.29, 0.717) is 17.2 Å². The molecule has 2 aromatic heterocycles. The summed E-state index contributed by atoms with van der Waals surface area (Å²) in [5.41, 5.74) is 2.54. The van der Waals surface area contributed by atoms with Gasteiger partial charge in [-0.3, -0.25) is 0 Å². The third-order valence-corrected chi connectivity index (χ3v) is 2.26. The van der Waals surface area contributed by atoms with E-state index < -0.39 is 5.60 Å². The van der Waals surface area contributed by atoms with Gasteiger partial charge in [0.25, 0.3) is 0 Å². The number of rotatable bonds is 2. The van der Waals surface area contributed by atoms with Crippen molar-refractivity contribution < 1.29 is 5.11 Å². The Bertz CT molecular complexity index is 520. The highest BCUT2D eigenvalue weighted by molar-refractivity contribution is 5.85. The molecule has 6 nitrogen and oxygen atoms in total. The number of pyridine rings is 1. The third-order valence-electron chi connectivity index (χ3n) is 2.26. The Morgan fingerprint density at radius 3 is 2.69 bits per heavy atom. The summed E-state index contributed by atoms with van der Waals surface area (Å²) in [5, 5.41) is 10.5. The molecule has 0 saturated heterocycles. The van der Waals surface area contributed by atoms with Crippen LogP contribution in [0.3, 0.4) is 0 Å². The van der Waals surface area contributed by atoms with Gasteiger partial charge < -0.3 is 10.5 Å². The summed E-state index contributed by atoms with van der Waals surface area (Å²) < 4.78 is 0. The van der Waals surface area contributed by atoms with Crippen molar-refractivity contribution in [1.82, 2.24) is 15.0 Å². The minimum atomic E-state index is -0.991. The summed E-state index contributed by atoms with van der Waals surface area (Å²) in [6.45, 7) is 3.34. The van der Waals surface area contributed by atoms with Crippen molar-refractivity contribution in [2.75, 3.05) is 5.43 Å². The molecule has 2 aromatic rings. The summed E-state index contributed by atoms with van der Waals surface area (Å²) >= 11 is 0. The van der Waals surface area contributed by atoms with E-state index in [9.17, 15) is 5.11 Å². The number of hydrazine groups is 1. The van der Waals surface area contributed by atoms with Gasteiger partial charge in [-0.05, 0) is 26.0 Å². The van der Waals surface area contributed by atoms with E-state index in [4.69, 9.17) is 5.84 Å². The van der Waals surface area contributed by atoms with E-state index in [2.05, 4.69) is 20.4 Å². The fourth-order valence-electron chi connectivity index (χ4n) is 1.40. The zero-order chi connectivity index (χ0) is 11.8. The number of nitrogens with two attached hydrogens (primary N) is 1. The van der Waals surface area contributed by atoms with Gasteiger partial charge in [-0.15, -0.1) is 0 Å². The largest absolute Gasteiger partial charge is 0.384 e. The first-order valence-electron chi connectivity index (χ1n) is 4.83. The molecule has 0 aromatic carbocycles. The van der Waals surface area contributed by atoms with Crippen molar-refractivity contribution in [2.24, 2.45) is 5.84 Å². The van der Waals surface area contributed by atoms with Gasteiger partial charge >= 0.3 is 0 Å². The number of hydrogen-bond acceptors (Lipinski definition) is 6. The lowest BCUT2D eigenvalue weighted by molar-refractivity contribution is 0.0742. The van der Waals surface area contributed by atoms with Gasteiger partial charge in [-0.2, -0.15) is 0 Å². The SMILES string of the molecule is CC(C)(O)c1ccc2c(NN)ncnc2n1. The number of nitrogens with one attached hydrogen (secondary N) is 1. The normalized spacial score (nSPS) is 11.8. The molecule has 0 unspecified atom stereocenters. The highest BCUT2D eigenvalue weighted by atomic mass is 16.3. The number of hydrogen-bond donors (Lipinski definition) is 3. The summed E-state index contributed by atoms with van der Waals surface area (Å²) in [7, 11) is 0. The van der Waals surface area contributed by atoms with Crippen LogP contribution in [0.1, 0.15) is 19.5 Å². The van der Waals surface area contributed by atoms with Crippen LogP contribution in [-0.4, -0.2) is 20.1 Å². The summed E-state index contributed by atoms with van der Waals surface area (Å²) in [6.07, 6.45) is 1.37. The standard InChI is InChI=1S/C10H13N5O/c1-10(2,16)7-4-3-6-8(14-7)12-5-13-9(6)15-11/h3-5,16H,11H2,1-2H3,(H,12,13,14,15). The average Bonchev–Trinajstić information content (AvgIpc) is 2.26. The Morgan fingerprint density at radius 1 is 1.31 bits per heavy atom. The van der Waals surface area contributed by atoms with Crippen LogP contribution in [-0.2, 0) is 5.60 Å². The van der Waals surface area contributed by atoms with E-state index in [1.165, 1.54) is 6.33 Å². The molecule has 0 aliphatic rings. The van der Waals surface area contributed by atoms with E-state index >= 15 is 0 Å². The van der Waals surface area contributed by atoms with Crippen molar-refractivity contribution in [3.05, 3.63) is 24.2 Å². The van der Waals surface area contributed by atoms with Crippen LogP contribution in [0.15, 0.2) is 18.5 Å². The second kappa shape index (κ2) is 3.66. The molecule has 2 heterocycles. The predicted octanol–water partition coefficient (Wildman–Crippen LogP) is 0.538. The Labute approximate surface area is 92.5 Å². The van der Waals surface area contributed by atoms with Crippen LogP contribution < -0.4 is 11.3 Å². The molecule has 0 radical (unpaired) electrons. The van der Waals surface area contributed by atoms with Gasteiger partial charge in [0.2, 0.25) is 0 Å². The number of aromatic nitrogens is 3. The van der Waals surface area contributed by atoms with Crippen LogP contribution in [0.4, 0.5) is 5.82 Å². The molecule has 0 amide bonds. The molecule has 0 bridgehead atoms. The molecule has 84 valence electrons. The average molecular weight is 219 g/mol. The molecule has 4 N–H and O–H groups in total. The van der Waals surface area contributed by atoms with Crippen molar-refractivity contribution in [3.63, 3.8) is 0 Å². The lowest BCUT2D eigenvalue weighted by Crippen LogP contribution is -2.18. The zero-order valence-corrected chi connectivity index (χ0v) is 9.10. The van der Waals surface area contributed by atoms with E-state index in [0.717, 1.165) is 5.39 Å². The molecule has 0 aliphatic carbocycles. The summed E-state index contributed by atoms with van der Waals surface area (Å²) in [5.74, 6) is 5.84. The zero-order valence-electron chi connectivity index (χ0n) is 9.10. The molecule has 6 heteroatoms. The fraction of sp³-hybridized carbons (Fsp3) is 0.300. The molecule has 0 spiro atoms. The van der Waals surface area contributed by atoms with Gasteiger partial charge in [0, 0.05) is 0 Å². The maximum atomic E-state index is 9.83. The highest BCUT2D eigenvalue weighted by Crippen LogP contribution is 2.22. The molecule has 0 saturated carbocycles. The molecular weight excluding hydrogens is 206 g/mol. The summed E-state index contributed by atoms with van der Waals surface area (Å²) in [4.78, 5) is 12.3. The fourth-order valence-corrected chi connectivity index (χ4v) is 1.40. The number of aliphatic hydroxyl groups is 1. The Hall–Kier alpha value is -1.79. The smallest absolute Gasteiger partial charge is 0.165 e. The minimum Gasteiger partial charge on any atom is -0.384 e. The topological polar surface area (TPSA) is 97.0 Å². The van der Waals surface area contributed by atoms with E-state index in [1.54, 1.807) is 26.0 Å². The van der Waals surface area contributed by atoms with Crippen LogP contribution in [0, 0.1) is 0 Å². The highest BCUT2D eigenvalue weighted by Gasteiger charge is 2.18. The Kier molecular flexibility index (Phi) is 2.45. The third kappa shape index (κ3) is 1.80. The first kappa shape index (κ1) is 10.7. The quantitative estimate of drug-likeness (QED) is 0.503. The molecule has 16 heavy (non-hydrogen) atoms. The number of nitrogens with zero attached hydrogens (tertiary/aromatic N) is 3. The van der Waals surface area contributed by atoms with Crippen LogP contribution in [0.5, 0.6) is 0 Å². The monoisotopic (exact) mass is 219 g/mol. The predicted molar refractivity (Wildman–Crippen MR) is 60.4 cm³/mol. The molecular formula is C10H13N5O. The lowest BCUT2D eigenvalue weighted by Gasteiger charge is -2.16. The number of fused-ring (bicyclic) bond motifs is 1. The number of nitrogen functional groups attached to an aromatic ring is 1. The van der Waals surface area contributed by atoms with Gasteiger partial charge in [0.1, 0.15) is 11.9 Å². The van der Waals surface area contributed by atoms with Crippen molar-refractivity contribution in [1.29, 1.82) is 0 Å². The summed E-state index contributed by atoms with van der Waals surface area (Å²) in [6, 6.07) is 3.51. The second-order valence-corrected chi connectivity index (χ2v) is 3.99. The van der Waals surface area contributed by atoms with Gasteiger partial charge in [0.15, 0.2) is 11.5 Å². The van der Waals surface area contributed by atoms with Crippen molar-refractivity contribution >= 4 is 16.9 Å². The lowest BCUT2D eigenvalue weighted by atomic mass is 10.0. The first-order chi connectivity index (χ1) is 7.52. The maximum Gasteiger partial charge on any atom is 0.165 e. The van der Waals surface area contributed by atoms with Gasteiger partial charge in [-0.25, -0.2) is 20.8 Å². The molecule has 2 rings (SSSR count). The van der Waals surface area contributed by atoms with E-state index in [-0.39, 0.29) is 0 Å². The van der Waals surface area contributed by atoms with Gasteiger partial charge in [-0.1, -0.05) is 0 Å². The van der Waals surface area contributed by atoms with Crippen molar-refractivity contribution in [2.45, 2.75) is 19.4 Å². The van der Waals surface area contributed by atoms with Crippen LogP contribution >= 0.6 is 0 Å². The van der Waals surface area contributed by atoms with Crippen LogP contribution in [0.2, 0.25) is 0 Å². The van der Waals surface area contributed by atoms with Gasteiger partial charge in [0.05, 0.1) is 11.1 Å². The maximum absolute atomic E-state index is 9.83. The number of anilines is 1. The minimum absolute atomic E-state index is 0.502. The van der Waals surface area contributed by atoms with E-state index in [1.807, 2.05) is 0 Å². The molecule has 0 aliphatic heterocycles. The molecule has 0 fully saturated rings. The second-order valence-electron chi connectivity index (χ2n) is 3.99. The van der Waals surface area contributed by atoms with Crippen LogP contribution in [0.25, 0.3) is 11.0 Å². The first-order valence-corrected chi connectivity index (χ1v) is 4.83. The van der Waals surface area contributed by atoms with Crippen molar-refractivity contribution in [3.8, 4) is 0 Å².